The highest BCUT2D eigenvalue weighted by Gasteiger charge is 2.58. The highest BCUT2D eigenvalue weighted by molar-refractivity contribution is 7.53. The fourth-order valence-electron chi connectivity index (χ4n) is 4.30. The first-order chi connectivity index (χ1) is 15.5. The molecule has 2 fully saturated rings. The van der Waals surface area contributed by atoms with E-state index in [1.165, 1.54) is 16.8 Å². The number of H-pyrrole nitrogens is 1. The van der Waals surface area contributed by atoms with Crippen LogP contribution in [0.1, 0.15) is 46.8 Å². The summed E-state index contributed by atoms with van der Waals surface area (Å²) in [5.74, 6) is 1.64. The Balaban J connectivity index is 1.71. The van der Waals surface area contributed by atoms with E-state index in [2.05, 4.69) is 10.9 Å². The van der Waals surface area contributed by atoms with Gasteiger partial charge in [0.1, 0.15) is 0 Å². The molecule has 0 aliphatic carbocycles. The van der Waals surface area contributed by atoms with Gasteiger partial charge in [0.05, 0.1) is 42.9 Å². The summed E-state index contributed by atoms with van der Waals surface area (Å²) in [6.07, 6.45) is 6.55. The SMILES string of the molecule is C#C[C@]1(C)[C@@H]2CP(=O)(OCCC(CC)C(=O)OC(C)C)OC[C@H]2O[C@H]1n1ccc(=O)[nH]c1=O. The Labute approximate surface area is 192 Å². The number of carbonyl (C=O) groups is 1. The van der Waals surface area contributed by atoms with Gasteiger partial charge in [0.25, 0.3) is 5.56 Å². The molecule has 11 heteroatoms. The number of hydrogen-bond acceptors (Lipinski definition) is 8. The monoisotopic (exact) mass is 482 g/mol. The highest BCUT2D eigenvalue weighted by atomic mass is 31.2. The molecule has 1 aromatic heterocycles. The van der Waals surface area contributed by atoms with Gasteiger partial charge in [-0.05, 0) is 33.6 Å². The van der Waals surface area contributed by atoms with Gasteiger partial charge in [-0.25, -0.2) is 4.79 Å². The lowest BCUT2D eigenvalue weighted by atomic mass is 9.77. The zero-order chi connectivity index (χ0) is 24.4. The minimum atomic E-state index is -3.51. The fourth-order valence-corrected chi connectivity index (χ4v) is 6.44. The molecule has 3 rings (SSSR count). The molecule has 0 bridgehead atoms. The average molecular weight is 482 g/mol. The summed E-state index contributed by atoms with van der Waals surface area (Å²) in [6, 6.07) is 1.21. The minimum absolute atomic E-state index is 0.0135. The molecule has 33 heavy (non-hydrogen) atoms. The van der Waals surface area contributed by atoms with Crippen LogP contribution in [0.2, 0.25) is 0 Å². The Morgan fingerprint density at radius 1 is 1.45 bits per heavy atom. The van der Waals surface area contributed by atoms with Crippen molar-refractivity contribution in [3.8, 4) is 12.3 Å². The number of terminal acetylenes is 1. The summed E-state index contributed by atoms with van der Waals surface area (Å²) in [5, 5.41) is 0. The zero-order valence-electron chi connectivity index (χ0n) is 19.3. The van der Waals surface area contributed by atoms with Gasteiger partial charge in [-0.1, -0.05) is 12.8 Å². The third kappa shape index (κ3) is 5.33. The second-order valence-electron chi connectivity index (χ2n) is 8.88. The molecule has 2 aliphatic heterocycles. The summed E-state index contributed by atoms with van der Waals surface area (Å²) < 4.78 is 37.1. The number of ether oxygens (including phenoxy) is 2. The maximum Gasteiger partial charge on any atom is 0.331 e. The van der Waals surface area contributed by atoms with Crippen LogP contribution >= 0.6 is 7.60 Å². The smallest absolute Gasteiger partial charge is 0.331 e. The van der Waals surface area contributed by atoms with E-state index in [9.17, 15) is 18.9 Å². The molecule has 0 spiro atoms. The Morgan fingerprint density at radius 2 is 2.18 bits per heavy atom. The third-order valence-corrected chi connectivity index (χ3v) is 8.20. The topological polar surface area (TPSA) is 126 Å². The van der Waals surface area contributed by atoms with Crippen LogP contribution in [0.15, 0.2) is 21.9 Å². The molecule has 182 valence electrons. The van der Waals surface area contributed by atoms with E-state index < -0.39 is 42.5 Å². The lowest BCUT2D eigenvalue weighted by molar-refractivity contribution is -0.153. The van der Waals surface area contributed by atoms with Gasteiger partial charge < -0.3 is 18.5 Å². The molecule has 3 heterocycles. The summed E-state index contributed by atoms with van der Waals surface area (Å²) in [5.41, 5.74) is -2.17. The van der Waals surface area contributed by atoms with Crippen molar-refractivity contribution >= 4 is 13.6 Å². The van der Waals surface area contributed by atoms with Gasteiger partial charge in [0, 0.05) is 18.2 Å². The normalized spacial score (nSPS) is 32.2. The number of esters is 1. The van der Waals surface area contributed by atoms with Crippen LogP contribution in [-0.4, -0.2) is 47.1 Å². The molecule has 2 aliphatic rings. The summed E-state index contributed by atoms with van der Waals surface area (Å²) >= 11 is 0. The van der Waals surface area contributed by atoms with E-state index in [1.54, 1.807) is 20.8 Å². The Hall–Kier alpha value is -2.18. The van der Waals surface area contributed by atoms with Crippen molar-refractivity contribution in [2.45, 2.75) is 59.0 Å². The average Bonchev–Trinajstić information content (AvgIpc) is 3.03. The molecule has 10 nitrogen and oxygen atoms in total. The summed E-state index contributed by atoms with van der Waals surface area (Å²) in [6.45, 7) is 7.25. The van der Waals surface area contributed by atoms with Crippen molar-refractivity contribution in [2.24, 2.45) is 17.3 Å². The van der Waals surface area contributed by atoms with E-state index >= 15 is 0 Å². The van der Waals surface area contributed by atoms with E-state index in [4.69, 9.17) is 24.9 Å². The van der Waals surface area contributed by atoms with Gasteiger partial charge in [0.15, 0.2) is 6.23 Å². The number of aromatic nitrogens is 2. The van der Waals surface area contributed by atoms with Gasteiger partial charge in [-0.15, -0.1) is 6.42 Å². The van der Waals surface area contributed by atoms with E-state index in [1.807, 2.05) is 6.92 Å². The third-order valence-electron chi connectivity index (χ3n) is 6.24. The molecule has 1 N–H and O–H groups in total. The van der Waals surface area contributed by atoms with Gasteiger partial charge in [0.2, 0.25) is 0 Å². The van der Waals surface area contributed by atoms with Crippen LogP contribution in [-0.2, 0) is 27.9 Å². The fraction of sp³-hybridized carbons (Fsp3) is 0.682. The summed E-state index contributed by atoms with van der Waals surface area (Å²) in [4.78, 5) is 38.1. The molecule has 2 unspecified atom stereocenters. The number of carbonyl (C=O) groups excluding carboxylic acids is 1. The number of nitrogens with one attached hydrogen (secondary N) is 1. The molecule has 2 saturated heterocycles. The van der Waals surface area contributed by atoms with Gasteiger partial charge in [-0.2, -0.15) is 0 Å². The predicted molar refractivity (Wildman–Crippen MR) is 120 cm³/mol. The van der Waals surface area contributed by atoms with Crippen LogP contribution in [0.4, 0.5) is 0 Å². The van der Waals surface area contributed by atoms with E-state index in [-0.39, 0.29) is 37.4 Å². The molecular weight excluding hydrogens is 451 g/mol. The molecule has 0 amide bonds. The van der Waals surface area contributed by atoms with Crippen molar-refractivity contribution in [1.82, 2.24) is 9.55 Å². The second kappa shape index (κ2) is 9.98. The first-order valence-corrected chi connectivity index (χ1v) is 12.8. The van der Waals surface area contributed by atoms with E-state index in [0.717, 1.165) is 0 Å². The van der Waals surface area contributed by atoms with Gasteiger partial charge in [-0.3, -0.25) is 23.7 Å². The largest absolute Gasteiger partial charge is 0.463 e. The van der Waals surface area contributed by atoms with Crippen LogP contribution in [0, 0.1) is 29.6 Å². The molecular formula is C22H31N2O8P. The van der Waals surface area contributed by atoms with Crippen molar-refractivity contribution in [3.63, 3.8) is 0 Å². The number of hydrogen-bond donors (Lipinski definition) is 1. The lowest BCUT2D eigenvalue weighted by Gasteiger charge is -2.35. The number of fused-ring (bicyclic) bond motifs is 1. The highest BCUT2D eigenvalue weighted by Crippen LogP contribution is 2.61. The second-order valence-corrected chi connectivity index (χ2v) is 11.0. The first-order valence-electron chi connectivity index (χ1n) is 11.1. The van der Waals surface area contributed by atoms with Crippen LogP contribution in [0.3, 0.4) is 0 Å². The standard InChI is InChI=1S/C22H31N2O8P/c1-6-15(19(26)31-14(3)4)9-11-29-33(28)13-16-17(12-30-33)32-20(22(16,5)7-2)24-10-8-18(25)23-21(24)27/h2,8,10,14-17,20H,6,9,11-13H2,1,3-5H3,(H,23,25,27)/t15?,16-,17-,20-,22-,33?/m1/s1. The molecule has 6 atom stereocenters. The maximum atomic E-state index is 13.4. The maximum absolute atomic E-state index is 13.4. The van der Waals surface area contributed by atoms with Crippen LogP contribution in [0.25, 0.3) is 0 Å². The molecule has 0 radical (unpaired) electrons. The van der Waals surface area contributed by atoms with Crippen molar-refractivity contribution in [2.75, 3.05) is 19.4 Å². The Bertz CT molecular complexity index is 1070. The lowest BCUT2D eigenvalue weighted by Crippen LogP contribution is -2.40. The van der Waals surface area contributed by atoms with E-state index in [0.29, 0.717) is 12.8 Å². The van der Waals surface area contributed by atoms with Crippen molar-refractivity contribution in [1.29, 1.82) is 0 Å². The molecule has 0 saturated carbocycles. The minimum Gasteiger partial charge on any atom is -0.463 e. The quantitative estimate of drug-likeness (QED) is 0.340. The van der Waals surface area contributed by atoms with Crippen molar-refractivity contribution in [3.05, 3.63) is 33.1 Å². The summed E-state index contributed by atoms with van der Waals surface area (Å²) in [7, 11) is -3.51. The van der Waals surface area contributed by atoms with Crippen molar-refractivity contribution < 1.29 is 27.9 Å². The predicted octanol–water partition coefficient (Wildman–Crippen LogP) is 2.30. The van der Waals surface area contributed by atoms with Crippen LogP contribution < -0.4 is 11.2 Å². The van der Waals surface area contributed by atoms with Gasteiger partial charge >= 0.3 is 19.3 Å². The Morgan fingerprint density at radius 3 is 2.79 bits per heavy atom. The number of rotatable bonds is 8. The Kier molecular flexibility index (Phi) is 7.69. The first kappa shape index (κ1) is 25.4. The molecule has 0 aromatic carbocycles. The zero-order valence-corrected chi connectivity index (χ0v) is 20.2. The number of nitrogens with zero attached hydrogens (tertiary/aromatic N) is 1. The van der Waals surface area contributed by atoms with Crippen LogP contribution in [0.5, 0.6) is 0 Å². The molecule has 1 aromatic rings. The number of aromatic amines is 1.